The van der Waals surface area contributed by atoms with Crippen molar-refractivity contribution in [1.82, 2.24) is 0 Å². The summed E-state index contributed by atoms with van der Waals surface area (Å²) in [6.45, 7) is 5.84. The maximum Gasteiger partial charge on any atom is 0.368 e. The van der Waals surface area contributed by atoms with Gasteiger partial charge in [0, 0.05) is 0 Å². The molecule has 98 valence electrons. The van der Waals surface area contributed by atoms with Crippen LogP contribution in [0.2, 0.25) is 0 Å². The van der Waals surface area contributed by atoms with Crippen LogP contribution in [0.3, 0.4) is 0 Å². The van der Waals surface area contributed by atoms with E-state index < -0.39 is 13.6 Å². The van der Waals surface area contributed by atoms with Crippen LogP contribution in [-0.4, -0.2) is 25.3 Å². The quantitative estimate of drug-likeness (QED) is 0.521. The van der Waals surface area contributed by atoms with Gasteiger partial charge in [-0.15, -0.1) is 0 Å². The molecule has 0 aromatic heterocycles. The van der Waals surface area contributed by atoms with Crippen LogP contribution in [0.15, 0.2) is 11.4 Å². The lowest BCUT2D eigenvalue weighted by atomic mass is 10.2. The van der Waals surface area contributed by atoms with Crippen molar-refractivity contribution >= 4 is 13.6 Å². The van der Waals surface area contributed by atoms with Crippen LogP contribution in [0, 0.1) is 0 Å². The first-order valence-corrected chi connectivity index (χ1v) is 7.44. The normalized spacial score (nSPS) is 20.3. The highest BCUT2D eigenvalue weighted by atomic mass is 31.2. The number of cyclic esters (lactones) is 1. The summed E-state index contributed by atoms with van der Waals surface area (Å²) in [4.78, 5) is 11.6. The van der Waals surface area contributed by atoms with Crippen LogP contribution in [0.4, 0.5) is 0 Å². The van der Waals surface area contributed by atoms with E-state index in [4.69, 9.17) is 13.8 Å². The van der Waals surface area contributed by atoms with Gasteiger partial charge >= 0.3 is 13.6 Å². The Labute approximate surface area is 102 Å². The van der Waals surface area contributed by atoms with Crippen LogP contribution >= 0.6 is 7.60 Å². The summed E-state index contributed by atoms with van der Waals surface area (Å²) >= 11 is 0. The summed E-state index contributed by atoms with van der Waals surface area (Å²) in [6.07, 6.45) is 2.86. The zero-order chi connectivity index (χ0) is 12.9. The molecular weight excluding hydrogens is 243 g/mol. The molecule has 1 unspecified atom stereocenters. The number of ether oxygens (including phenoxy) is 1. The van der Waals surface area contributed by atoms with Gasteiger partial charge in [0.05, 0.1) is 13.2 Å². The van der Waals surface area contributed by atoms with E-state index >= 15 is 0 Å². The van der Waals surface area contributed by atoms with Crippen molar-refractivity contribution in [2.24, 2.45) is 0 Å². The molecule has 0 aromatic rings. The first kappa shape index (κ1) is 14.4. The zero-order valence-corrected chi connectivity index (χ0v) is 11.4. The highest BCUT2D eigenvalue weighted by molar-refractivity contribution is 7.60. The number of esters is 1. The topological polar surface area (TPSA) is 61.8 Å². The molecule has 0 bridgehead atoms. The van der Waals surface area contributed by atoms with Gasteiger partial charge in [-0.25, -0.2) is 4.79 Å². The van der Waals surface area contributed by atoms with E-state index in [1.54, 1.807) is 19.9 Å². The van der Waals surface area contributed by atoms with Gasteiger partial charge in [0.1, 0.15) is 11.4 Å². The van der Waals surface area contributed by atoms with Crippen molar-refractivity contribution in [3.05, 3.63) is 11.4 Å². The predicted molar refractivity (Wildman–Crippen MR) is 63.7 cm³/mol. The Morgan fingerprint density at radius 2 is 1.88 bits per heavy atom. The van der Waals surface area contributed by atoms with Gasteiger partial charge in [-0.05, 0) is 26.3 Å². The maximum absolute atomic E-state index is 12.4. The Bertz CT molecular complexity index is 340. The van der Waals surface area contributed by atoms with Crippen LogP contribution in [0.25, 0.3) is 0 Å². The highest BCUT2D eigenvalue weighted by Crippen LogP contribution is 2.57. The smallest absolute Gasteiger partial charge is 0.368 e. The van der Waals surface area contributed by atoms with Crippen molar-refractivity contribution in [2.45, 2.75) is 39.7 Å². The minimum absolute atomic E-state index is 0.0413. The van der Waals surface area contributed by atoms with E-state index in [0.29, 0.717) is 6.42 Å². The third kappa shape index (κ3) is 3.41. The molecule has 0 aromatic carbocycles. The molecule has 5 nitrogen and oxygen atoms in total. The summed E-state index contributed by atoms with van der Waals surface area (Å²) < 4.78 is 27.7. The third-order valence-electron chi connectivity index (χ3n) is 2.28. The summed E-state index contributed by atoms with van der Waals surface area (Å²) in [6, 6.07) is 0. The molecule has 17 heavy (non-hydrogen) atoms. The highest BCUT2D eigenvalue weighted by Gasteiger charge is 2.41. The van der Waals surface area contributed by atoms with Gasteiger partial charge in [0.25, 0.3) is 0 Å². The van der Waals surface area contributed by atoms with Gasteiger partial charge < -0.3 is 13.8 Å². The second-order valence-electron chi connectivity index (χ2n) is 3.62. The fraction of sp³-hybridized carbons (Fsp3) is 0.727. The Morgan fingerprint density at radius 1 is 1.29 bits per heavy atom. The Balaban J connectivity index is 2.90. The van der Waals surface area contributed by atoms with E-state index in [9.17, 15) is 9.36 Å². The van der Waals surface area contributed by atoms with E-state index in [0.717, 1.165) is 6.42 Å². The third-order valence-corrected chi connectivity index (χ3v) is 4.40. The Morgan fingerprint density at radius 3 is 2.35 bits per heavy atom. The van der Waals surface area contributed by atoms with E-state index in [2.05, 4.69) is 0 Å². The van der Waals surface area contributed by atoms with Crippen LogP contribution in [0.1, 0.15) is 33.6 Å². The molecule has 0 fully saturated rings. The lowest BCUT2D eigenvalue weighted by molar-refractivity contribution is -0.139. The molecule has 0 saturated heterocycles. The standard InChI is InChI=1S/C11H19O5P/c1-4-7-9-8-10(11(12)16-9)17(13,14-5-2)15-6-3/h8-9H,4-7H2,1-3H3. The van der Waals surface area contributed by atoms with Crippen molar-refractivity contribution in [3.8, 4) is 0 Å². The van der Waals surface area contributed by atoms with Gasteiger partial charge in [0.2, 0.25) is 0 Å². The molecule has 0 radical (unpaired) electrons. The second kappa shape index (κ2) is 6.34. The fourth-order valence-corrected chi connectivity index (χ4v) is 3.28. The summed E-state index contributed by atoms with van der Waals surface area (Å²) in [5.41, 5.74) is 0. The first-order chi connectivity index (χ1) is 8.07. The largest absolute Gasteiger partial charge is 0.454 e. The molecule has 0 N–H and O–H groups in total. The van der Waals surface area contributed by atoms with Crippen LogP contribution in [-0.2, 0) is 23.1 Å². The van der Waals surface area contributed by atoms with Gasteiger partial charge in [-0.2, -0.15) is 0 Å². The molecule has 1 aliphatic heterocycles. The number of hydrogen-bond donors (Lipinski definition) is 0. The van der Waals surface area contributed by atoms with E-state index in [1.165, 1.54) is 0 Å². The van der Waals surface area contributed by atoms with Gasteiger partial charge in [0.15, 0.2) is 0 Å². The number of carbonyl (C=O) groups excluding carboxylic acids is 1. The Hall–Kier alpha value is -0.640. The van der Waals surface area contributed by atoms with Crippen molar-refractivity contribution in [2.75, 3.05) is 13.2 Å². The molecule has 0 spiro atoms. The molecular formula is C11H19O5P. The summed E-state index contributed by atoms with van der Waals surface area (Å²) in [7, 11) is -3.50. The monoisotopic (exact) mass is 262 g/mol. The molecule has 0 saturated carbocycles. The molecule has 0 aliphatic carbocycles. The van der Waals surface area contributed by atoms with E-state index in [1.807, 2.05) is 6.92 Å². The predicted octanol–water partition coefficient (Wildman–Crippen LogP) is 2.86. The second-order valence-corrected chi connectivity index (χ2v) is 5.61. The van der Waals surface area contributed by atoms with Crippen LogP contribution < -0.4 is 0 Å². The average Bonchev–Trinajstić information content (AvgIpc) is 2.61. The minimum Gasteiger partial charge on any atom is -0.454 e. The minimum atomic E-state index is -3.50. The zero-order valence-electron chi connectivity index (χ0n) is 10.5. The van der Waals surface area contributed by atoms with Crippen molar-refractivity contribution in [3.63, 3.8) is 0 Å². The molecule has 1 heterocycles. The first-order valence-electron chi connectivity index (χ1n) is 5.89. The van der Waals surface area contributed by atoms with Crippen LogP contribution in [0.5, 0.6) is 0 Å². The maximum atomic E-state index is 12.4. The van der Waals surface area contributed by atoms with Gasteiger partial charge in [-0.3, -0.25) is 4.57 Å². The van der Waals surface area contributed by atoms with E-state index in [-0.39, 0.29) is 24.6 Å². The summed E-state index contributed by atoms with van der Waals surface area (Å²) in [5.74, 6) is -0.589. The molecule has 1 atom stereocenters. The van der Waals surface area contributed by atoms with Gasteiger partial charge in [-0.1, -0.05) is 13.3 Å². The van der Waals surface area contributed by atoms with Crippen molar-refractivity contribution in [1.29, 1.82) is 0 Å². The summed E-state index contributed by atoms with van der Waals surface area (Å²) in [5, 5.41) is 0.0413. The Kier molecular flexibility index (Phi) is 5.37. The number of rotatable bonds is 7. The molecule has 0 amide bonds. The van der Waals surface area contributed by atoms with Crippen molar-refractivity contribution < 1.29 is 23.1 Å². The number of carbonyl (C=O) groups is 1. The molecule has 1 rings (SSSR count). The lowest BCUT2D eigenvalue weighted by Crippen LogP contribution is -2.09. The average molecular weight is 262 g/mol. The molecule has 1 aliphatic rings. The SMILES string of the molecule is CCCC1C=C(P(=O)(OCC)OCC)C(=O)O1. The molecule has 6 heteroatoms. The number of hydrogen-bond acceptors (Lipinski definition) is 5. The fourth-order valence-electron chi connectivity index (χ4n) is 1.62. The lowest BCUT2D eigenvalue weighted by Gasteiger charge is -2.15.